The van der Waals surface area contributed by atoms with Crippen LogP contribution in [-0.4, -0.2) is 48.8 Å². The average Bonchev–Trinajstić information content (AvgIpc) is 2.39. The highest BCUT2D eigenvalue weighted by Gasteiger charge is 2.10. The molecule has 19 heavy (non-hydrogen) atoms. The molecule has 1 aromatic heterocycles. The topological polar surface area (TPSA) is 101 Å². The standard InChI is InChI=1S/C12H17N3O4/c1-19-8-7-13-10(16)4-6-15-11-9(12(17)18)3-2-5-14-11/h2-3,5H,4,6-8H2,1H3,(H,13,16)(H,14,15)(H,17,18). The lowest BCUT2D eigenvalue weighted by Crippen LogP contribution is -2.28. The van der Waals surface area contributed by atoms with Crippen LogP contribution in [0, 0.1) is 0 Å². The van der Waals surface area contributed by atoms with E-state index in [4.69, 9.17) is 9.84 Å². The number of aromatic nitrogens is 1. The molecule has 0 fully saturated rings. The van der Waals surface area contributed by atoms with Crippen molar-refractivity contribution in [1.29, 1.82) is 0 Å². The smallest absolute Gasteiger partial charge is 0.339 e. The van der Waals surface area contributed by atoms with E-state index in [1.807, 2.05) is 0 Å². The van der Waals surface area contributed by atoms with Crippen molar-refractivity contribution in [2.24, 2.45) is 0 Å². The molecular formula is C12H17N3O4. The molecule has 104 valence electrons. The Balaban J connectivity index is 2.37. The van der Waals surface area contributed by atoms with Crippen molar-refractivity contribution >= 4 is 17.7 Å². The number of pyridine rings is 1. The van der Waals surface area contributed by atoms with Crippen LogP contribution in [0.25, 0.3) is 0 Å². The van der Waals surface area contributed by atoms with E-state index in [0.717, 1.165) is 0 Å². The minimum atomic E-state index is -1.06. The molecule has 0 bridgehead atoms. The summed E-state index contributed by atoms with van der Waals surface area (Å²) in [4.78, 5) is 26.2. The minimum absolute atomic E-state index is 0.0855. The highest BCUT2D eigenvalue weighted by atomic mass is 16.5. The largest absolute Gasteiger partial charge is 0.478 e. The molecule has 3 N–H and O–H groups in total. The zero-order chi connectivity index (χ0) is 14.1. The van der Waals surface area contributed by atoms with Gasteiger partial charge in [0.15, 0.2) is 0 Å². The number of hydrogen-bond acceptors (Lipinski definition) is 5. The van der Waals surface area contributed by atoms with E-state index >= 15 is 0 Å². The molecule has 0 unspecified atom stereocenters. The van der Waals surface area contributed by atoms with Gasteiger partial charge < -0.3 is 20.5 Å². The van der Waals surface area contributed by atoms with Crippen molar-refractivity contribution in [3.8, 4) is 0 Å². The molecule has 0 saturated carbocycles. The molecule has 1 aromatic rings. The molecule has 0 spiro atoms. The summed E-state index contributed by atoms with van der Waals surface area (Å²) in [6, 6.07) is 3.00. The van der Waals surface area contributed by atoms with Gasteiger partial charge in [0.2, 0.25) is 5.91 Å². The van der Waals surface area contributed by atoms with Crippen molar-refractivity contribution < 1.29 is 19.4 Å². The minimum Gasteiger partial charge on any atom is -0.478 e. The van der Waals surface area contributed by atoms with E-state index < -0.39 is 5.97 Å². The van der Waals surface area contributed by atoms with Gasteiger partial charge in [0.25, 0.3) is 0 Å². The molecule has 0 aliphatic rings. The predicted octanol–water partition coefficient (Wildman–Crippen LogP) is 0.344. The van der Waals surface area contributed by atoms with Crippen molar-refractivity contribution in [2.75, 3.05) is 32.1 Å². The maximum absolute atomic E-state index is 11.4. The summed E-state index contributed by atoms with van der Waals surface area (Å²) in [6.07, 6.45) is 1.73. The maximum Gasteiger partial charge on any atom is 0.339 e. The van der Waals surface area contributed by atoms with Crippen LogP contribution in [0.5, 0.6) is 0 Å². The van der Waals surface area contributed by atoms with Crippen LogP contribution in [0.15, 0.2) is 18.3 Å². The van der Waals surface area contributed by atoms with Gasteiger partial charge in [-0.2, -0.15) is 0 Å². The highest BCUT2D eigenvalue weighted by Crippen LogP contribution is 2.10. The Kier molecular flexibility index (Phi) is 6.31. The number of ether oxygens (including phenoxy) is 1. The van der Waals surface area contributed by atoms with Gasteiger partial charge in [0, 0.05) is 32.8 Å². The molecule has 1 amide bonds. The van der Waals surface area contributed by atoms with Crippen molar-refractivity contribution in [3.63, 3.8) is 0 Å². The fourth-order valence-corrected chi connectivity index (χ4v) is 1.39. The normalized spacial score (nSPS) is 9.95. The van der Waals surface area contributed by atoms with Crippen LogP contribution < -0.4 is 10.6 Å². The Morgan fingerprint density at radius 2 is 2.21 bits per heavy atom. The molecule has 0 saturated heterocycles. The summed E-state index contributed by atoms with van der Waals surface area (Å²) < 4.78 is 4.80. The number of rotatable bonds is 8. The fourth-order valence-electron chi connectivity index (χ4n) is 1.39. The van der Waals surface area contributed by atoms with Crippen LogP contribution in [0.1, 0.15) is 16.8 Å². The number of carbonyl (C=O) groups excluding carboxylic acids is 1. The summed E-state index contributed by atoms with van der Waals surface area (Å²) >= 11 is 0. The second-order valence-electron chi connectivity index (χ2n) is 3.72. The third kappa shape index (κ3) is 5.35. The Morgan fingerprint density at radius 1 is 1.42 bits per heavy atom. The SMILES string of the molecule is COCCNC(=O)CCNc1ncccc1C(=O)O. The molecule has 0 aromatic carbocycles. The van der Waals surface area contributed by atoms with E-state index in [1.54, 1.807) is 13.2 Å². The monoisotopic (exact) mass is 267 g/mol. The van der Waals surface area contributed by atoms with Gasteiger partial charge in [-0.3, -0.25) is 4.79 Å². The van der Waals surface area contributed by atoms with Gasteiger partial charge in [-0.25, -0.2) is 9.78 Å². The second kappa shape index (κ2) is 8.04. The zero-order valence-corrected chi connectivity index (χ0v) is 10.7. The van der Waals surface area contributed by atoms with Crippen molar-refractivity contribution in [1.82, 2.24) is 10.3 Å². The lowest BCUT2D eigenvalue weighted by molar-refractivity contribution is -0.121. The fraction of sp³-hybridized carbons (Fsp3) is 0.417. The Morgan fingerprint density at radius 3 is 2.89 bits per heavy atom. The van der Waals surface area contributed by atoms with Gasteiger partial charge in [-0.1, -0.05) is 0 Å². The van der Waals surface area contributed by atoms with Gasteiger partial charge in [-0.15, -0.1) is 0 Å². The predicted molar refractivity (Wildman–Crippen MR) is 69.2 cm³/mol. The van der Waals surface area contributed by atoms with Gasteiger partial charge in [0.1, 0.15) is 11.4 Å². The number of nitrogens with one attached hydrogen (secondary N) is 2. The number of amides is 1. The van der Waals surface area contributed by atoms with Gasteiger partial charge >= 0.3 is 5.97 Å². The molecule has 0 radical (unpaired) electrons. The lowest BCUT2D eigenvalue weighted by atomic mass is 10.2. The van der Waals surface area contributed by atoms with Gasteiger partial charge in [-0.05, 0) is 12.1 Å². The summed E-state index contributed by atoms with van der Waals surface area (Å²) in [6.45, 7) is 1.23. The summed E-state index contributed by atoms with van der Waals surface area (Å²) in [7, 11) is 1.56. The van der Waals surface area contributed by atoms with E-state index in [1.165, 1.54) is 12.3 Å². The third-order valence-corrected chi connectivity index (χ3v) is 2.31. The van der Waals surface area contributed by atoms with Crippen molar-refractivity contribution in [3.05, 3.63) is 23.9 Å². The van der Waals surface area contributed by atoms with E-state index in [9.17, 15) is 9.59 Å². The first-order valence-corrected chi connectivity index (χ1v) is 5.83. The summed E-state index contributed by atoms with van der Waals surface area (Å²) in [5.74, 6) is -0.919. The number of aromatic carboxylic acids is 1. The van der Waals surface area contributed by atoms with Crippen LogP contribution >= 0.6 is 0 Å². The van der Waals surface area contributed by atoms with Gasteiger partial charge in [0.05, 0.1) is 6.61 Å². The first-order chi connectivity index (χ1) is 9.15. The second-order valence-corrected chi connectivity index (χ2v) is 3.72. The quantitative estimate of drug-likeness (QED) is 0.587. The van der Waals surface area contributed by atoms with Crippen LogP contribution in [0.3, 0.4) is 0 Å². The number of nitrogens with zero attached hydrogens (tertiary/aromatic N) is 1. The molecule has 1 rings (SSSR count). The molecule has 0 aliphatic heterocycles. The summed E-state index contributed by atoms with van der Waals surface area (Å²) in [5.41, 5.74) is 0.0855. The molecule has 1 heterocycles. The highest BCUT2D eigenvalue weighted by molar-refractivity contribution is 5.93. The summed E-state index contributed by atoms with van der Waals surface area (Å²) in [5, 5.41) is 14.4. The van der Waals surface area contributed by atoms with Crippen LogP contribution in [0.4, 0.5) is 5.82 Å². The number of anilines is 1. The number of carboxylic acid groups (broad SMARTS) is 1. The molecule has 0 aliphatic carbocycles. The van der Waals surface area contributed by atoms with E-state index in [2.05, 4.69) is 15.6 Å². The van der Waals surface area contributed by atoms with Crippen LogP contribution in [0.2, 0.25) is 0 Å². The molecule has 7 nitrogen and oxygen atoms in total. The molecular weight excluding hydrogens is 250 g/mol. The number of hydrogen-bond donors (Lipinski definition) is 3. The van der Waals surface area contributed by atoms with Crippen molar-refractivity contribution in [2.45, 2.75) is 6.42 Å². The third-order valence-electron chi connectivity index (χ3n) is 2.31. The molecule has 0 atom stereocenters. The first-order valence-electron chi connectivity index (χ1n) is 5.83. The Labute approximate surface area is 111 Å². The van der Waals surface area contributed by atoms with E-state index in [0.29, 0.717) is 19.7 Å². The Hall–Kier alpha value is -2.15. The average molecular weight is 267 g/mol. The number of carboxylic acids is 1. The number of carbonyl (C=O) groups is 2. The zero-order valence-electron chi connectivity index (χ0n) is 10.7. The Bertz CT molecular complexity index is 437. The number of methoxy groups -OCH3 is 1. The maximum atomic E-state index is 11.4. The first kappa shape index (κ1) is 14.9. The lowest BCUT2D eigenvalue weighted by Gasteiger charge is -2.08. The van der Waals surface area contributed by atoms with Crippen LogP contribution in [-0.2, 0) is 9.53 Å². The molecule has 7 heteroatoms. The van der Waals surface area contributed by atoms with E-state index in [-0.39, 0.29) is 23.7 Å².